The lowest BCUT2D eigenvalue weighted by molar-refractivity contribution is 0.482. The van der Waals surface area contributed by atoms with E-state index >= 15 is 0 Å². The molecule has 1 aliphatic rings. The van der Waals surface area contributed by atoms with Gasteiger partial charge in [-0.15, -0.1) is 0 Å². The average molecular weight is 283 g/mol. The van der Waals surface area contributed by atoms with Crippen molar-refractivity contribution in [2.24, 2.45) is 0 Å². The summed E-state index contributed by atoms with van der Waals surface area (Å²) < 4.78 is 0. The van der Waals surface area contributed by atoms with Gasteiger partial charge in [0, 0.05) is 30.7 Å². The number of anilines is 1. The van der Waals surface area contributed by atoms with Crippen molar-refractivity contribution in [3.8, 4) is 0 Å². The van der Waals surface area contributed by atoms with Gasteiger partial charge in [-0.25, -0.2) is 4.98 Å². The van der Waals surface area contributed by atoms with Crippen LogP contribution >= 0.6 is 0 Å². The van der Waals surface area contributed by atoms with Crippen molar-refractivity contribution in [2.45, 2.75) is 45.7 Å². The van der Waals surface area contributed by atoms with Crippen molar-refractivity contribution < 1.29 is 0 Å². The van der Waals surface area contributed by atoms with E-state index in [0.29, 0.717) is 6.04 Å². The summed E-state index contributed by atoms with van der Waals surface area (Å²) >= 11 is 0. The molecule has 112 valence electrons. The monoisotopic (exact) mass is 283 g/mol. The minimum Gasteiger partial charge on any atom is -0.353 e. The number of fused-ring (bicyclic) bond motifs is 1. The average Bonchev–Trinajstić information content (AvgIpc) is 2.53. The standard InChI is InChI=1S/C18H25N3/c1-3-19-12-15-13-20-18(17-10-5-4-9-16(15)17)21-11-7-6-8-14(21)2/h4-5,9-10,13-14,19H,3,6-8,11-12H2,1-2H3. The van der Waals surface area contributed by atoms with Gasteiger partial charge in [-0.1, -0.05) is 31.2 Å². The normalized spacial score (nSPS) is 19.1. The maximum Gasteiger partial charge on any atom is 0.136 e. The molecule has 2 heterocycles. The number of hydrogen-bond donors (Lipinski definition) is 1. The van der Waals surface area contributed by atoms with E-state index in [2.05, 4.69) is 54.5 Å². The second-order valence-corrected chi connectivity index (χ2v) is 5.97. The first kappa shape index (κ1) is 14.3. The summed E-state index contributed by atoms with van der Waals surface area (Å²) in [5.74, 6) is 1.16. The Balaban J connectivity index is 2.03. The van der Waals surface area contributed by atoms with Crippen LogP contribution in [0.3, 0.4) is 0 Å². The Morgan fingerprint density at radius 1 is 1.24 bits per heavy atom. The molecule has 1 unspecified atom stereocenters. The third-order valence-electron chi connectivity index (χ3n) is 4.50. The highest BCUT2D eigenvalue weighted by Crippen LogP contribution is 2.31. The summed E-state index contributed by atoms with van der Waals surface area (Å²) in [6.45, 7) is 7.46. The molecule has 1 aromatic carbocycles. The number of benzene rings is 1. The molecule has 0 saturated carbocycles. The van der Waals surface area contributed by atoms with Crippen LogP contribution in [0.2, 0.25) is 0 Å². The first-order valence-corrected chi connectivity index (χ1v) is 8.15. The van der Waals surface area contributed by atoms with Crippen LogP contribution in [-0.2, 0) is 6.54 Å². The highest BCUT2D eigenvalue weighted by Gasteiger charge is 2.21. The van der Waals surface area contributed by atoms with Crippen molar-refractivity contribution >= 4 is 16.6 Å². The molecular weight excluding hydrogens is 258 g/mol. The Kier molecular flexibility index (Phi) is 4.39. The summed E-state index contributed by atoms with van der Waals surface area (Å²) in [5.41, 5.74) is 1.29. The summed E-state index contributed by atoms with van der Waals surface area (Å²) in [7, 11) is 0. The molecule has 1 N–H and O–H groups in total. The van der Waals surface area contributed by atoms with Gasteiger partial charge in [0.15, 0.2) is 0 Å². The summed E-state index contributed by atoms with van der Waals surface area (Å²) in [5, 5.41) is 6.04. The summed E-state index contributed by atoms with van der Waals surface area (Å²) in [6, 6.07) is 9.28. The van der Waals surface area contributed by atoms with E-state index in [9.17, 15) is 0 Å². The minimum atomic E-state index is 0.592. The number of pyridine rings is 1. The summed E-state index contributed by atoms with van der Waals surface area (Å²) in [6.07, 6.45) is 5.95. The molecule has 1 aromatic heterocycles. The van der Waals surface area contributed by atoms with Crippen LogP contribution in [0.1, 0.15) is 38.7 Å². The van der Waals surface area contributed by atoms with Crippen molar-refractivity contribution in [1.82, 2.24) is 10.3 Å². The minimum absolute atomic E-state index is 0.592. The fourth-order valence-electron chi connectivity index (χ4n) is 3.28. The van der Waals surface area contributed by atoms with Gasteiger partial charge in [0.2, 0.25) is 0 Å². The highest BCUT2D eigenvalue weighted by atomic mass is 15.2. The van der Waals surface area contributed by atoms with E-state index in [4.69, 9.17) is 4.98 Å². The Hall–Kier alpha value is -1.61. The number of piperidine rings is 1. The van der Waals surface area contributed by atoms with Gasteiger partial charge in [0.1, 0.15) is 5.82 Å². The van der Waals surface area contributed by atoms with Gasteiger partial charge in [0.05, 0.1) is 0 Å². The van der Waals surface area contributed by atoms with Crippen molar-refractivity contribution in [1.29, 1.82) is 0 Å². The zero-order valence-corrected chi connectivity index (χ0v) is 13.1. The van der Waals surface area contributed by atoms with E-state index in [0.717, 1.165) is 25.5 Å². The highest BCUT2D eigenvalue weighted by molar-refractivity contribution is 5.94. The van der Waals surface area contributed by atoms with E-state index in [1.165, 1.54) is 35.6 Å². The molecule has 21 heavy (non-hydrogen) atoms. The van der Waals surface area contributed by atoms with E-state index in [-0.39, 0.29) is 0 Å². The van der Waals surface area contributed by atoms with Crippen molar-refractivity contribution in [2.75, 3.05) is 18.0 Å². The Bertz CT molecular complexity index is 608. The molecule has 0 bridgehead atoms. The second-order valence-electron chi connectivity index (χ2n) is 5.97. The zero-order valence-electron chi connectivity index (χ0n) is 13.1. The predicted molar refractivity (Wildman–Crippen MR) is 89.8 cm³/mol. The lowest BCUT2D eigenvalue weighted by Gasteiger charge is -2.35. The van der Waals surface area contributed by atoms with Crippen LogP contribution < -0.4 is 10.2 Å². The smallest absolute Gasteiger partial charge is 0.136 e. The molecule has 3 heteroatoms. The number of aromatic nitrogens is 1. The fourth-order valence-corrected chi connectivity index (χ4v) is 3.28. The molecule has 0 amide bonds. The molecule has 3 nitrogen and oxygen atoms in total. The van der Waals surface area contributed by atoms with Crippen LogP contribution in [0.25, 0.3) is 10.8 Å². The largest absolute Gasteiger partial charge is 0.353 e. The van der Waals surface area contributed by atoms with Crippen LogP contribution in [0.5, 0.6) is 0 Å². The van der Waals surface area contributed by atoms with Gasteiger partial charge < -0.3 is 10.2 Å². The molecule has 0 aliphatic carbocycles. The van der Waals surface area contributed by atoms with Crippen LogP contribution in [0.4, 0.5) is 5.82 Å². The second kappa shape index (κ2) is 6.44. The maximum atomic E-state index is 4.82. The van der Waals surface area contributed by atoms with Crippen molar-refractivity contribution in [3.63, 3.8) is 0 Å². The van der Waals surface area contributed by atoms with E-state index in [1.807, 2.05) is 0 Å². The SMILES string of the molecule is CCNCc1cnc(N2CCCCC2C)c2ccccc12. The van der Waals surface area contributed by atoms with Gasteiger partial charge in [-0.3, -0.25) is 0 Å². The van der Waals surface area contributed by atoms with Crippen molar-refractivity contribution in [3.05, 3.63) is 36.0 Å². The number of nitrogens with one attached hydrogen (secondary N) is 1. The third-order valence-corrected chi connectivity index (χ3v) is 4.50. The lowest BCUT2D eigenvalue weighted by atomic mass is 10.0. The molecule has 0 radical (unpaired) electrons. The molecular formula is C18H25N3. The van der Waals surface area contributed by atoms with Gasteiger partial charge >= 0.3 is 0 Å². The third kappa shape index (κ3) is 2.88. The molecule has 1 aliphatic heterocycles. The van der Waals surface area contributed by atoms with Crippen LogP contribution in [0, 0.1) is 0 Å². The lowest BCUT2D eigenvalue weighted by Crippen LogP contribution is -2.38. The topological polar surface area (TPSA) is 28.2 Å². The van der Waals surface area contributed by atoms with E-state index in [1.54, 1.807) is 0 Å². The molecule has 0 spiro atoms. The van der Waals surface area contributed by atoms with Crippen LogP contribution in [0.15, 0.2) is 30.5 Å². The van der Waals surface area contributed by atoms with Gasteiger partial charge in [-0.2, -0.15) is 0 Å². The first-order valence-electron chi connectivity index (χ1n) is 8.15. The quantitative estimate of drug-likeness (QED) is 0.927. The zero-order chi connectivity index (χ0) is 14.7. The van der Waals surface area contributed by atoms with Gasteiger partial charge in [-0.05, 0) is 43.7 Å². The Morgan fingerprint density at radius 3 is 2.81 bits per heavy atom. The molecule has 3 rings (SSSR count). The Morgan fingerprint density at radius 2 is 2.05 bits per heavy atom. The first-order chi connectivity index (χ1) is 10.3. The Labute approximate surface area is 127 Å². The molecule has 2 aromatic rings. The number of rotatable bonds is 4. The van der Waals surface area contributed by atoms with Crippen LogP contribution in [-0.4, -0.2) is 24.1 Å². The fraction of sp³-hybridized carbons (Fsp3) is 0.500. The molecule has 1 atom stereocenters. The van der Waals surface area contributed by atoms with Gasteiger partial charge in [0.25, 0.3) is 0 Å². The maximum absolute atomic E-state index is 4.82. The molecule has 1 saturated heterocycles. The summed E-state index contributed by atoms with van der Waals surface area (Å²) in [4.78, 5) is 7.31. The predicted octanol–water partition coefficient (Wildman–Crippen LogP) is 3.72. The molecule has 1 fully saturated rings. The number of nitrogens with zero attached hydrogens (tertiary/aromatic N) is 2. The number of hydrogen-bond acceptors (Lipinski definition) is 3. The van der Waals surface area contributed by atoms with E-state index < -0.39 is 0 Å².